The zero-order valence-electron chi connectivity index (χ0n) is 19.7. The van der Waals surface area contributed by atoms with Crippen LogP contribution >= 0.6 is 11.6 Å². The molecule has 2 unspecified atom stereocenters. The van der Waals surface area contributed by atoms with Crippen molar-refractivity contribution in [2.45, 2.75) is 73.6 Å². The van der Waals surface area contributed by atoms with E-state index in [9.17, 15) is 4.39 Å². The lowest BCUT2D eigenvalue weighted by Gasteiger charge is -2.16. The summed E-state index contributed by atoms with van der Waals surface area (Å²) >= 11 is 6.03. The van der Waals surface area contributed by atoms with Crippen LogP contribution in [0.5, 0.6) is 0 Å². The van der Waals surface area contributed by atoms with Crippen molar-refractivity contribution in [3.8, 4) is 0 Å². The lowest BCUT2D eigenvalue weighted by molar-refractivity contribution is 0.208. The molecule has 0 amide bonds. The van der Waals surface area contributed by atoms with Crippen LogP contribution in [0, 0.1) is 5.92 Å². The summed E-state index contributed by atoms with van der Waals surface area (Å²) < 4.78 is 19.6. The second-order valence-electron chi connectivity index (χ2n) is 7.61. The smallest absolute Gasteiger partial charge is 0.139 e. The van der Waals surface area contributed by atoms with Crippen LogP contribution in [-0.2, 0) is 11.3 Å². The normalized spacial score (nSPS) is 15.6. The Morgan fingerprint density at radius 3 is 2.39 bits per heavy atom. The van der Waals surface area contributed by atoms with Gasteiger partial charge in [0.05, 0.1) is 11.4 Å². The maximum absolute atomic E-state index is 13.8. The zero-order valence-corrected chi connectivity index (χ0v) is 20.5. The van der Waals surface area contributed by atoms with E-state index in [0.717, 1.165) is 41.7 Å². The van der Waals surface area contributed by atoms with E-state index in [0.29, 0.717) is 23.2 Å². The standard InChI is InChI=1S/C26H36ClFN2O/c1-8-11-25(27)29-16-19(5)21(7)31-17-22-12-14-23(15-13-22)26(18(4)9-2)30-24(10-3)20(6)28/h10,12-16,18,20H,7-9,11,17H2,1-6H3/b19-16-,24-10-,29-25?,30-26?. The molecule has 0 aliphatic carbocycles. The van der Waals surface area contributed by atoms with Gasteiger partial charge < -0.3 is 4.74 Å². The fraction of sp³-hybridized carbons (Fsp3) is 0.462. The van der Waals surface area contributed by atoms with Crippen LogP contribution in [0.25, 0.3) is 0 Å². The summed E-state index contributed by atoms with van der Waals surface area (Å²) in [6, 6.07) is 8.04. The Morgan fingerprint density at radius 2 is 1.87 bits per heavy atom. The SMILES string of the molecule is C=C(OCc1ccc(C(=N/C(=C\C)C(C)F)C(C)CC)cc1)/C(C)=C\N=C(Cl)CCC. The van der Waals surface area contributed by atoms with Crippen LogP contribution in [0.1, 0.15) is 71.9 Å². The summed E-state index contributed by atoms with van der Waals surface area (Å²) in [5, 5.41) is 0.576. The summed E-state index contributed by atoms with van der Waals surface area (Å²) in [4.78, 5) is 8.86. The summed E-state index contributed by atoms with van der Waals surface area (Å²) in [5.41, 5.74) is 4.20. The van der Waals surface area contributed by atoms with Gasteiger partial charge in [-0.15, -0.1) is 0 Å². The van der Waals surface area contributed by atoms with Gasteiger partial charge in [0.15, 0.2) is 0 Å². The number of aliphatic imine (C=N–C) groups is 2. The molecule has 0 N–H and O–H groups in total. The second-order valence-corrected chi connectivity index (χ2v) is 8.05. The van der Waals surface area contributed by atoms with E-state index in [1.807, 2.05) is 38.1 Å². The van der Waals surface area contributed by atoms with Gasteiger partial charge in [0, 0.05) is 18.2 Å². The van der Waals surface area contributed by atoms with Gasteiger partial charge >= 0.3 is 0 Å². The van der Waals surface area contributed by atoms with Crippen LogP contribution in [-0.4, -0.2) is 17.1 Å². The molecule has 0 bridgehead atoms. The van der Waals surface area contributed by atoms with Gasteiger partial charge in [-0.2, -0.15) is 0 Å². The summed E-state index contributed by atoms with van der Waals surface area (Å²) in [6.45, 7) is 15.9. The zero-order chi connectivity index (χ0) is 23.4. The van der Waals surface area contributed by atoms with E-state index in [-0.39, 0.29) is 5.92 Å². The molecule has 1 aromatic rings. The molecule has 0 aliphatic heterocycles. The van der Waals surface area contributed by atoms with Crippen molar-refractivity contribution < 1.29 is 9.13 Å². The van der Waals surface area contributed by atoms with Crippen LogP contribution in [0.4, 0.5) is 4.39 Å². The third-order valence-electron chi connectivity index (χ3n) is 4.99. The van der Waals surface area contributed by atoms with Crippen LogP contribution in [0.2, 0.25) is 0 Å². The third kappa shape index (κ3) is 9.22. The highest BCUT2D eigenvalue weighted by molar-refractivity contribution is 6.65. The minimum absolute atomic E-state index is 0.225. The Kier molecular flexibility index (Phi) is 12.1. The van der Waals surface area contributed by atoms with Crippen molar-refractivity contribution in [1.82, 2.24) is 0 Å². The molecule has 0 fully saturated rings. The van der Waals surface area contributed by atoms with Crippen molar-refractivity contribution in [3.05, 3.63) is 71.3 Å². The first-order valence-electron chi connectivity index (χ1n) is 10.9. The Labute approximate surface area is 192 Å². The summed E-state index contributed by atoms with van der Waals surface area (Å²) in [7, 11) is 0. The van der Waals surface area contributed by atoms with E-state index in [4.69, 9.17) is 16.3 Å². The molecule has 31 heavy (non-hydrogen) atoms. The molecule has 2 atom stereocenters. The van der Waals surface area contributed by atoms with Crippen LogP contribution < -0.4 is 0 Å². The minimum atomic E-state index is -1.10. The number of halogens is 2. The molecule has 0 heterocycles. The predicted octanol–water partition coefficient (Wildman–Crippen LogP) is 8.16. The molecule has 1 rings (SSSR count). The predicted molar refractivity (Wildman–Crippen MR) is 133 cm³/mol. The number of rotatable bonds is 12. The van der Waals surface area contributed by atoms with Crippen LogP contribution in [0.15, 0.2) is 70.1 Å². The van der Waals surface area contributed by atoms with Gasteiger partial charge in [0.2, 0.25) is 0 Å². The van der Waals surface area contributed by atoms with E-state index in [2.05, 4.69) is 37.3 Å². The monoisotopic (exact) mass is 446 g/mol. The lowest BCUT2D eigenvalue weighted by Crippen LogP contribution is -2.14. The minimum Gasteiger partial charge on any atom is -0.489 e. The molecular formula is C26H36ClFN2O. The number of nitrogens with zero attached hydrogens (tertiary/aromatic N) is 2. The Balaban J connectivity index is 2.90. The molecule has 3 nitrogen and oxygen atoms in total. The molecule has 0 aliphatic rings. The highest BCUT2D eigenvalue weighted by Gasteiger charge is 2.14. The number of hydrogen-bond acceptors (Lipinski definition) is 3. The molecule has 1 aromatic carbocycles. The molecule has 0 spiro atoms. The summed E-state index contributed by atoms with van der Waals surface area (Å²) in [6.07, 6.45) is 4.96. The van der Waals surface area contributed by atoms with E-state index in [1.165, 1.54) is 6.92 Å². The largest absolute Gasteiger partial charge is 0.489 e. The van der Waals surface area contributed by atoms with Crippen molar-refractivity contribution in [3.63, 3.8) is 0 Å². The first kappa shape index (κ1) is 26.8. The fourth-order valence-corrected chi connectivity index (χ4v) is 2.98. The van der Waals surface area contributed by atoms with Gasteiger partial charge in [-0.05, 0) is 50.7 Å². The second kappa shape index (κ2) is 14.0. The lowest BCUT2D eigenvalue weighted by atomic mass is 9.95. The number of benzene rings is 1. The average Bonchev–Trinajstić information content (AvgIpc) is 2.76. The topological polar surface area (TPSA) is 34.0 Å². The summed E-state index contributed by atoms with van der Waals surface area (Å²) in [5.74, 6) is 0.786. The van der Waals surface area contributed by atoms with Crippen molar-refractivity contribution in [2.24, 2.45) is 15.9 Å². The molecule has 170 valence electrons. The molecular weight excluding hydrogens is 411 g/mol. The Hall–Kier alpha value is -2.20. The van der Waals surface area contributed by atoms with Crippen molar-refractivity contribution in [1.29, 1.82) is 0 Å². The van der Waals surface area contributed by atoms with Gasteiger partial charge in [-0.3, -0.25) is 4.99 Å². The number of hydrogen-bond donors (Lipinski definition) is 0. The highest BCUT2D eigenvalue weighted by atomic mass is 35.5. The van der Waals surface area contributed by atoms with E-state index >= 15 is 0 Å². The molecule has 0 radical (unpaired) electrons. The van der Waals surface area contributed by atoms with Gasteiger partial charge in [-0.1, -0.05) is 69.3 Å². The van der Waals surface area contributed by atoms with Crippen molar-refractivity contribution in [2.75, 3.05) is 0 Å². The van der Waals surface area contributed by atoms with E-state index in [1.54, 1.807) is 12.3 Å². The molecule has 0 saturated carbocycles. The van der Waals surface area contributed by atoms with Gasteiger partial charge in [-0.25, -0.2) is 9.38 Å². The van der Waals surface area contributed by atoms with Crippen LogP contribution in [0.3, 0.4) is 0 Å². The molecule has 0 aromatic heterocycles. The van der Waals surface area contributed by atoms with Gasteiger partial charge in [0.1, 0.15) is 23.7 Å². The first-order valence-corrected chi connectivity index (χ1v) is 11.3. The quantitative estimate of drug-likeness (QED) is 0.181. The maximum Gasteiger partial charge on any atom is 0.139 e. The third-order valence-corrected chi connectivity index (χ3v) is 5.28. The van der Waals surface area contributed by atoms with Gasteiger partial charge in [0.25, 0.3) is 0 Å². The number of allylic oxidation sites excluding steroid dienone is 3. The van der Waals surface area contributed by atoms with Crippen molar-refractivity contribution >= 4 is 22.5 Å². The Morgan fingerprint density at radius 1 is 1.23 bits per heavy atom. The number of alkyl halides is 1. The average molecular weight is 447 g/mol. The fourth-order valence-electron chi connectivity index (χ4n) is 2.74. The maximum atomic E-state index is 13.8. The Bertz CT molecular complexity index is 835. The molecule has 0 saturated heterocycles. The highest BCUT2D eigenvalue weighted by Crippen LogP contribution is 2.20. The first-order chi connectivity index (χ1) is 14.7. The molecule has 5 heteroatoms. The number of ether oxygens (including phenoxy) is 1. The van der Waals surface area contributed by atoms with E-state index < -0.39 is 6.17 Å².